The summed E-state index contributed by atoms with van der Waals surface area (Å²) in [6.07, 6.45) is 0. The van der Waals surface area contributed by atoms with E-state index in [0.29, 0.717) is 13.2 Å². The lowest BCUT2D eigenvalue weighted by atomic mass is 9.91. The minimum atomic E-state index is -0.332. The molecule has 1 aliphatic heterocycles. The van der Waals surface area contributed by atoms with Gasteiger partial charge in [-0.3, -0.25) is 4.79 Å². The molecular weight excluding hydrogens is 204 g/mol. The van der Waals surface area contributed by atoms with Crippen LogP contribution in [-0.4, -0.2) is 49.7 Å². The number of hydrogen-bond donors (Lipinski definition) is 1. The highest BCUT2D eigenvalue weighted by atomic mass is 16.5. The van der Waals surface area contributed by atoms with Gasteiger partial charge in [0, 0.05) is 32.3 Å². The summed E-state index contributed by atoms with van der Waals surface area (Å²) in [7, 11) is 1.67. The SMILES string of the molecule is COCCN1C(=O)C(C)(C)CNCC1(C)C. The van der Waals surface area contributed by atoms with E-state index in [2.05, 4.69) is 19.2 Å². The molecule has 4 heteroatoms. The topological polar surface area (TPSA) is 41.6 Å². The fourth-order valence-electron chi connectivity index (χ4n) is 2.08. The van der Waals surface area contributed by atoms with Crippen molar-refractivity contribution in [3.63, 3.8) is 0 Å². The minimum absolute atomic E-state index is 0.149. The number of hydrogen-bond acceptors (Lipinski definition) is 3. The van der Waals surface area contributed by atoms with Crippen LogP contribution in [0, 0.1) is 5.41 Å². The maximum atomic E-state index is 12.4. The van der Waals surface area contributed by atoms with Crippen molar-refractivity contribution < 1.29 is 9.53 Å². The third kappa shape index (κ3) is 2.74. The molecule has 0 aliphatic carbocycles. The van der Waals surface area contributed by atoms with E-state index in [1.807, 2.05) is 18.7 Å². The summed E-state index contributed by atoms with van der Waals surface area (Å²) in [6.45, 7) is 11.0. The highest BCUT2D eigenvalue weighted by Crippen LogP contribution is 2.26. The Labute approximate surface area is 98.3 Å². The number of nitrogens with one attached hydrogen (secondary N) is 1. The second kappa shape index (κ2) is 4.72. The summed E-state index contributed by atoms with van der Waals surface area (Å²) in [6, 6.07) is 0. The first-order valence-corrected chi connectivity index (χ1v) is 5.83. The number of nitrogens with zero attached hydrogens (tertiary/aromatic N) is 1. The second-order valence-corrected chi connectivity index (χ2v) is 5.75. The monoisotopic (exact) mass is 228 g/mol. The summed E-state index contributed by atoms with van der Waals surface area (Å²) in [5, 5.41) is 3.36. The molecule has 1 saturated heterocycles. The van der Waals surface area contributed by atoms with Gasteiger partial charge >= 0.3 is 0 Å². The van der Waals surface area contributed by atoms with Gasteiger partial charge in [0.05, 0.1) is 12.0 Å². The van der Waals surface area contributed by atoms with Crippen molar-refractivity contribution in [2.45, 2.75) is 33.2 Å². The van der Waals surface area contributed by atoms with Crippen LogP contribution in [0.15, 0.2) is 0 Å². The smallest absolute Gasteiger partial charge is 0.230 e. The Hall–Kier alpha value is -0.610. The zero-order chi connectivity index (χ0) is 12.4. The van der Waals surface area contributed by atoms with E-state index in [0.717, 1.165) is 13.1 Å². The molecule has 0 atom stereocenters. The fourth-order valence-corrected chi connectivity index (χ4v) is 2.08. The molecule has 1 amide bonds. The van der Waals surface area contributed by atoms with Gasteiger partial charge in [-0.15, -0.1) is 0 Å². The maximum Gasteiger partial charge on any atom is 0.230 e. The molecule has 0 aromatic heterocycles. The average molecular weight is 228 g/mol. The molecular formula is C12H24N2O2. The highest BCUT2D eigenvalue weighted by molar-refractivity contribution is 5.83. The minimum Gasteiger partial charge on any atom is -0.383 e. The van der Waals surface area contributed by atoms with Crippen molar-refractivity contribution in [3.8, 4) is 0 Å². The van der Waals surface area contributed by atoms with Crippen LogP contribution in [0.5, 0.6) is 0 Å². The Kier molecular flexibility index (Phi) is 3.97. The third-order valence-corrected chi connectivity index (χ3v) is 3.20. The second-order valence-electron chi connectivity index (χ2n) is 5.75. The van der Waals surface area contributed by atoms with Gasteiger partial charge in [-0.25, -0.2) is 0 Å². The van der Waals surface area contributed by atoms with Crippen molar-refractivity contribution in [2.75, 3.05) is 33.4 Å². The first-order valence-electron chi connectivity index (χ1n) is 5.83. The number of ether oxygens (including phenoxy) is 1. The van der Waals surface area contributed by atoms with Gasteiger partial charge in [0.15, 0.2) is 0 Å². The number of methoxy groups -OCH3 is 1. The molecule has 4 nitrogen and oxygen atoms in total. The first-order chi connectivity index (χ1) is 7.31. The van der Waals surface area contributed by atoms with Crippen LogP contribution in [-0.2, 0) is 9.53 Å². The van der Waals surface area contributed by atoms with Crippen LogP contribution >= 0.6 is 0 Å². The zero-order valence-corrected chi connectivity index (χ0v) is 11.1. The predicted molar refractivity (Wildman–Crippen MR) is 64.3 cm³/mol. The van der Waals surface area contributed by atoms with Gasteiger partial charge in [-0.2, -0.15) is 0 Å². The zero-order valence-electron chi connectivity index (χ0n) is 11.1. The molecule has 0 aromatic carbocycles. The number of carbonyl (C=O) groups excluding carboxylic acids is 1. The lowest BCUT2D eigenvalue weighted by Gasteiger charge is -2.39. The summed E-state index contributed by atoms with van der Waals surface area (Å²) >= 11 is 0. The molecule has 0 spiro atoms. The van der Waals surface area contributed by atoms with E-state index < -0.39 is 0 Å². The summed E-state index contributed by atoms with van der Waals surface area (Å²) in [4.78, 5) is 14.4. The number of rotatable bonds is 3. The van der Waals surface area contributed by atoms with Gasteiger partial charge in [0.1, 0.15) is 0 Å². The predicted octanol–water partition coefficient (Wildman–Crippen LogP) is 0.869. The normalized spacial score (nSPS) is 24.3. The summed E-state index contributed by atoms with van der Waals surface area (Å²) < 4.78 is 5.08. The van der Waals surface area contributed by atoms with Crippen LogP contribution in [0.25, 0.3) is 0 Å². The average Bonchev–Trinajstić information content (AvgIpc) is 2.22. The van der Waals surface area contributed by atoms with E-state index in [1.54, 1.807) is 7.11 Å². The van der Waals surface area contributed by atoms with Crippen LogP contribution in [0.1, 0.15) is 27.7 Å². The van der Waals surface area contributed by atoms with Crippen molar-refractivity contribution in [1.82, 2.24) is 10.2 Å². The standard InChI is InChI=1S/C12H24N2O2/c1-11(2)8-13-9-12(3,4)14(10(11)15)6-7-16-5/h13H,6-9H2,1-5H3. The van der Waals surface area contributed by atoms with Crippen molar-refractivity contribution in [1.29, 1.82) is 0 Å². The molecule has 0 saturated carbocycles. The van der Waals surface area contributed by atoms with Crippen molar-refractivity contribution >= 4 is 5.91 Å². The fraction of sp³-hybridized carbons (Fsp3) is 0.917. The Morgan fingerprint density at radius 2 is 1.94 bits per heavy atom. The molecule has 1 fully saturated rings. The van der Waals surface area contributed by atoms with E-state index in [1.165, 1.54) is 0 Å². The van der Waals surface area contributed by atoms with Crippen LogP contribution < -0.4 is 5.32 Å². The quantitative estimate of drug-likeness (QED) is 0.779. The molecule has 0 unspecified atom stereocenters. The van der Waals surface area contributed by atoms with Gasteiger partial charge < -0.3 is 15.0 Å². The molecule has 0 bridgehead atoms. The van der Waals surface area contributed by atoms with E-state index in [9.17, 15) is 4.79 Å². The van der Waals surface area contributed by atoms with E-state index >= 15 is 0 Å². The highest BCUT2D eigenvalue weighted by Gasteiger charge is 2.41. The molecule has 1 heterocycles. The molecule has 16 heavy (non-hydrogen) atoms. The van der Waals surface area contributed by atoms with Crippen LogP contribution in [0.3, 0.4) is 0 Å². The van der Waals surface area contributed by atoms with Crippen LogP contribution in [0.4, 0.5) is 0 Å². The lowest BCUT2D eigenvalue weighted by molar-refractivity contribution is -0.144. The van der Waals surface area contributed by atoms with Crippen LogP contribution in [0.2, 0.25) is 0 Å². The molecule has 1 N–H and O–H groups in total. The van der Waals surface area contributed by atoms with E-state index in [-0.39, 0.29) is 16.9 Å². The van der Waals surface area contributed by atoms with Crippen molar-refractivity contribution in [3.05, 3.63) is 0 Å². The number of amides is 1. The Balaban J connectivity index is 2.89. The Bertz CT molecular complexity index is 262. The molecule has 1 aliphatic rings. The van der Waals surface area contributed by atoms with E-state index in [4.69, 9.17) is 4.74 Å². The van der Waals surface area contributed by atoms with Gasteiger partial charge in [0.2, 0.25) is 5.91 Å². The number of carbonyl (C=O) groups is 1. The summed E-state index contributed by atoms with van der Waals surface area (Å²) in [5.41, 5.74) is -0.481. The van der Waals surface area contributed by atoms with Crippen molar-refractivity contribution in [2.24, 2.45) is 5.41 Å². The molecule has 1 rings (SSSR count). The third-order valence-electron chi connectivity index (χ3n) is 3.20. The molecule has 94 valence electrons. The molecule has 0 aromatic rings. The van der Waals surface area contributed by atoms with Gasteiger partial charge in [0.25, 0.3) is 0 Å². The first kappa shape index (κ1) is 13.5. The van der Waals surface area contributed by atoms with Gasteiger partial charge in [-0.05, 0) is 27.7 Å². The largest absolute Gasteiger partial charge is 0.383 e. The maximum absolute atomic E-state index is 12.4. The Morgan fingerprint density at radius 1 is 1.31 bits per heavy atom. The molecule has 0 radical (unpaired) electrons. The summed E-state index contributed by atoms with van der Waals surface area (Å²) in [5.74, 6) is 0.208. The lowest BCUT2D eigenvalue weighted by Crippen LogP contribution is -2.53. The Morgan fingerprint density at radius 3 is 2.50 bits per heavy atom. The van der Waals surface area contributed by atoms with Gasteiger partial charge in [-0.1, -0.05) is 0 Å².